The van der Waals surface area contributed by atoms with Gasteiger partial charge in [0.15, 0.2) is 0 Å². The summed E-state index contributed by atoms with van der Waals surface area (Å²) < 4.78 is 2.40. The van der Waals surface area contributed by atoms with Crippen LogP contribution in [0.3, 0.4) is 0 Å². The lowest BCUT2D eigenvalue weighted by Crippen LogP contribution is -2.11. The van der Waals surface area contributed by atoms with Gasteiger partial charge in [-0.15, -0.1) is 0 Å². The smallest absolute Gasteiger partial charge is 0.112 e. The molecule has 0 bridgehead atoms. The minimum Gasteiger partial charge on any atom is -0.328 e. The molecule has 2 rings (SSSR count). The summed E-state index contributed by atoms with van der Waals surface area (Å²) in [6.45, 7) is 10.6. The molecule has 0 fully saturated rings. The number of nitrogens with two attached hydrogens (primary N) is 1. The van der Waals surface area contributed by atoms with Gasteiger partial charge in [0, 0.05) is 19.0 Å². The quantitative estimate of drug-likeness (QED) is 0.862. The third-order valence-electron chi connectivity index (χ3n) is 3.79. The van der Waals surface area contributed by atoms with E-state index in [1.165, 1.54) is 24.2 Å². The molecule has 1 aromatic carbocycles. The monoisotopic (exact) mass is 273 g/mol. The van der Waals surface area contributed by atoms with E-state index in [9.17, 15) is 0 Å². The maximum Gasteiger partial charge on any atom is 0.112 e. The van der Waals surface area contributed by atoms with Gasteiger partial charge in [0.1, 0.15) is 5.82 Å². The molecule has 0 aliphatic heterocycles. The van der Waals surface area contributed by atoms with Gasteiger partial charge in [-0.1, -0.05) is 40.2 Å². The Morgan fingerprint density at radius 1 is 1.25 bits per heavy atom. The van der Waals surface area contributed by atoms with E-state index in [-0.39, 0.29) is 0 Å². The molecule has 2 N–H and O–H groups in total. The second kappa shape index (κ2) is 6.40. The van der Waals surface area contributed by atoms with Crippen molar-refractivity contribution in [3.05, 3.63) is 29.6 Å². The molecular formula is C17H27N3. The Balaban J connectivity index is 2.53. The fourth-order valence-electron chi connectivity index (χ4n) is 2.82. The van der Waals surface area contributed by atoms with Crippen LogP contribution in [0.2, 0.25) is 0 Å². The molecule has 0 saturated carbocycles. The fraction of sp³-hybridized carbons (Fsp3) is 0.588. The predicted molar refractivity (Wildman–Crippen MR) is 85.8 cm³/mol. The van der Waals surface area contributed by atoms with Crippen molar-refractivity contribution in [2.75, 3.05) is 0 Å². The van der Waals surface area contributed by atoms with Crippen LogP contribution in [-0.4, -0.2) is 9.55 Å². The van der Waals surface area contributed by atoms with E-state index in [4.69, 9.17) is 10.7 Å². The molecule has 0 radical (unpaired) electrons. The molecule has 3 heteroatoms. The van der Waals surface area contributed by atoms with Gasteiger partial charge in [-0.3, -0.25) is 0 Å². The lowest BCUT2D eigenvalue weighted by Gasteiger charge is -2.15. The maximum atomic E-state index is 5.74. The SMILES string of the molecule is CCCC(C)c1nc2cc(CN)ccc2n1CC(C)C. The summed E-state index contributed by atoms with van der Waals surface area (Å²) in [5.41, 5.74) is 9.23. The lowest BCUT2D eigenvalue weighted by molar-refractivity contribution is 0.493. The molecule has 20 heavy (non-hydrogen) atoms. The highest BCUT2D eigenvalue weighted by Crippen LogP contribution is 2.26. The highest BCUT2D eigenvalue weighted by molar-refractivity contribution is 5.77. The van der Waals surface area contributed by atoms with Crippen LogP contribution in [0.25, 0.3) is 11.0 Å². The largest absolute Gasteiger partial charge is 0.328 e. The average molecular weight is 273 g/mol. The molecule has 110 valence electrons. The number of hydrogen-bond acceptors (Lipinski definition) is 2. The number of fused-ring (bicyclic) bond motifs is 1. The molecule has 1 aromatic heterocycles. The fourth-order valence-corrected chi connectivity index (χ4v) is 2.82. The van der Waals surface area contributed by atoms with E-state index in [1.807, 2.05) is 0 Å². The van der Waals surface area contributed by atoms with Crippen molar-refractivity contribution in [2.24, 2.45) is 11.7 Å². The maximum absolute atomic E-state index is 5.74. The molecule has 2 aromatic rings. The van der Waals surface area contributed by atoms with Crippen LogP contribution in [0, 0.1) is 5.92 Å². The predicted octanol–water partition coefficient (Wildman–Crippen LogP) is 4.05. The minimum atomic E-state index is 0.507. The first kappa shape index (κ1) is 15.0. The van der Waals surface area contributed by atoms with E-state index in [2.05, 4.69) is 50.5 Å². The Kier molecular flexibility index (Phi) is 4.81. The van der Waals surface area contributed by atoms with E-state index in [1.54, 1.807) is 0 Å². The first-order valence-electron chi connectivity index (χ1n) is 7.75. The van der Waals surface area contributed by atoms with Crippen molar-refractivity contribution in [1.82, 2.24) is 9.55 Å². The van der Waals surface area contributed by atoms with Crippen LogP contribution in [0.4, 0.5) is 0 Å². The van der Waals surface area contributed by atoms with E-state index >= 15 is 0 Å². The summed E-state index contributed by atoms with van der Waals surface area (Å²) in [7, 11) is 0. The van der Waals surface area contributed by atoms with Gasteiger partial charge in [0.05, 0.1) is 11.0 Å². The van der Waals surface area contributed by atoms with Gasteiger partial charge in [-0.2, -0.15) is 0 Å². The van der Waals surface area contributed by atoms with Crippen molar-refractivity contribution in [1.29, 1.82) is 0 Å². The van der Waals surface area contributed by atoms with Gasteiger partial charge in [0.2, 0.25) is 0 Å². The third kappa shape index (κ3) is 3.04. The first-order valence-corrected chi connectivity index (χ1v) is 7.75. The van der Waals surface area contributed by atoms with Crippen LogP contribution in [0.1, 0.15) is 57.8 Å². The molecular weight excluding hydrogens is 246 g/mol. The standard InChI is InChI=1S/C17H27N3/c1-5-6-13(4)17-19-15-9-14(10-18)7-8-16(15)20(17)11-12(2)3/h7-9,12-13H,5-6,10-11,18H2,1-4H3. The summed E-state index contributed by atoms with van der Waals surface area (Å²) in [5, 5.41) is 0. The summed E-state index contributed by atoms with van der Waals surface area (Å²) in [4.78, 5) is 4.90. The highest BCUT2D eigenvalue weighted by atomic mass is 15.1. The van der Waals surface area contributed by atoms with Gasteiger partial charge in [-0.25, -0.2) is 4.98 Å². The average Bonchev–Trinajstić information content (AvgIpc) is 2.76. The Bertz CT molecular complexity index is 569. The highest BCUT2D eigenvalue weighted by Gasteiger charge is 2.17. The summed E-state index contributed by atoms with van der Waals surface area (Å²) in [6.07, 6.45) is 2.38. The normalized spacial score (nSPS) is 13.3. The van der Waals surface area contributed by atoms with Crippen molar-refractivity contribution in [3.8, 4) is 0 Å². The second-order valence-electron chi connectivity index (χ2n) is 6.19. The van der Waals surface area contributed by atoms with Gasteiger partial charge < -0.3 is 10.3 Å². The zero-order valence-corrected chi connectivity index (χ0v) is 13.2. The number of hydrogen-bond donors (Lipinski definition) is 1. The molecule has 0 aliphatic carbocycles. The summed E-state index contributed by atoms with van der Waals surface area (Å²) in [5.74, 6) is 2.35. The third-order valence-corrected chi connectivity index (χ3v) is 3.79. The summed E-state index contributed by atoms with van der Waals surface area (Å²) in [6, 6.07) is 6.43. The first-order chi connectivity index (χ1) is 9.56. The van der Waals surface area contributed by atoms with Crippen LogP contribution in [0.5, 0.6) is 0 Å². The van der Waals surface area contributed by atoms with Crippen molar-refractivity contribution in [3.63, 3.8) is 0 Å². The molecule has 0 spiro atoms. The van der Waals surface area contributed by atoms with E-state index in [0.717, 1.165) is 17.6 Å². The molecule has 0 amide bonds. The molecule has 1 unspecified atom stereocenters. The number of nitrogens with zero attached hydrogens (tertiary/aromatic N) is 2. The molecule has 0 saturated heterocycles. The zero-order chi connectivity index (χ0) is 14.7. The van der Waals surface area contributed by atoms with E-state index in [0.29, 0.717) is 18.4 Å². The number of imidazole rings is 1. The van der Waals surface area contributed by atoms with Crippen molar-refractivity contribution >= 4 is 11.0 Å². The Labute approximate surface area is 122 Å². The van der Waals surface area contributed by atoms with Crippen molar-refractivity contribution in [2.45, 2.75) is 59.5 Å². The number of benzene rings is 1. The Morgan fingerprint density at radius 2 is 2.00 bits per heavy atom. The van der Waals surface area contributed by atoms with E-state index < -0.39 is 0 Å². The van der Waals surface area contributed by atoms with Crippen LogP contribution >= 0.6 is 0 Å². The zero-order valence-electron chi connectivity index (χ0n) is 13.2. The van der Waals surface area contributed by atoms with Crippen LogP contribution in [0.15, 0.2) is 18.2 Å². The second-order valence-corrected chi connectivity index (χ2v) is 6.19. The Morgan fingerprint density at radius 3 is 2.60 bits per heavy atom. The van der Waals surface area contributed by atoms with Gasteiger partial charge in [0.25, 0.3) is 0 Å². The number of aromatic nitrogens is 2. The minimum absolute atomic E-state index is 0.507. The lowest BCUT2D eigenvalue weighted by atomic mass is 10.1. The van der Waals surface area contributed by atoms with Gasteiger partial charge in [-0.05, 0) is 30.0 Å². The van der Waals surface area contributed by atoms with Crippen LogP contribution in [-0.2, 0) is 13.1 Å². The van der Waals surface area contributed by atoms with Crippen molar-refractivity contribution < 1.29 is 0 Å². The molecule has 1 heterocycles. The number of rotatable bonds is 6. The Hall–Kier alpha value is -1.35. The van der Waals surface area contributed by atoms with Gasteiger partial charge >= 0.3 is 0 Å². The summed E-state index contributed by atoms with van der Waals surface area (Å²) >= 11 is 0. The molecule has 0 aliphatic rings. The van der Waals surface area contributed by atoms with Crippen LogP contribution < -0.4 is 5.73 Å². The topological polar surface area (TPSA) is 43.8 Å². The molecule has 3 nitrogen and oxygen atoms in total. The molecule has 1 atom stereocenters.